The molecule has 0 aliphatic carbocycles. The molecule has 1 heterocycles. The summed E-state index contributed by atoms with van der Waals surface area (Å²) in [6, 6.07) is 1.91. The Morgan fingerprint density at radius 2 is 1.89 bits per heavy atom. The molecule has 0 atom stereocenters. The van der Waals surface area contributed by atoms with Crippen molar-refractivity contribution in [2.45, 2.75) is 52.5 Å². The Balaban J connectivity index is 2.90. The van der Waals surface area contributed by atoms with E-state index in [4.69, 9.17) is 0 Å². The van der Waals surface area contributed by atoms with E-state index in [1.165, 1.54) is 0 Å². The van der Waals surface area contributed by atoms with Crippen LogP contribution >= 0.6 is 0 Å². The van der Waals surface area contributed by atoms with Crippen molar-refractivity contribution in [3.05, 3.63) is 11.8 Å². The highest BCUT2D eigenvalue weighted by Gasteiger charge is 2.25. The minimum Gasteiger partial charge on any atom is -0.394 e. The van der Waals surface area contributed by atoms with E-state index in [0.717, 1.165) is 37.3 Å². The third-order valence-corrected chi connectivity index (χ3v) is 3.44. The number of anilines is 2. The second kappa shape index (κ2) is 7.28. The van der Waals surface area contributed by atoms with Crippen molar-refractivity contribution in [1.29, 1.82) is 0 Å². The quantitative estimate of drug-likeness (QED) is 0.674. The normalized spacial score (nSPS) is 11.4. The number of nitrogens with one attached hydrogen (secondary N) is 2. The first-order valence-corrected chi connectivity index (χ1v) is 7.07. The number of hydrogen-bond acceptors (Lipinski definition) is 5. The Morgan fingerprint density at radius 1 is 1.21 bits per heavy atom. The third-order valence-electron chi connectivity index (χ3n) is 3.44. The zero-order valence-corrected chi connectivity index (χ0v) is 12.5. The first-order chi connectivity index (χ1) is 9.09. The van der Waals surface area contributed by atoms with E-state index in [0.29, 0.717) is 5.95 Å². The zero-order chi connectivity index (χ0) is 14.3. The van der Waals surface area contributed by atoms with Crippen molar-refractivity contribution in [3.8, 4) is 0 Å². The number of aliphatic hydroxyl groups excluding tert-OH is 1. The van der Waals surface area contributed by atoms with E-state index in [-0.39, 0.29) is 12.1 Å². The Morgan fingerprint density at radius 3 is 2.42 bits per heavy atom. The molecule has 3 N–H and O–H groups in total. The highest BCUT2D eigenvalue weighted by molar-refractivity contribution is 5.44. The van der Waals surface area contributed by atoms with Crippen LogP contribution in [0.3, 0.4) is 0 Å². The molecule has 0 bridgehead atoms. The molecule has 1 aromatic heterocycles. The van der Waals surface area contributed by atoms with Crippen LogP contribution in [0, 0.1) is 6.92 Å². The molecule has 1 rings (SSSR count). The van der Waals surface area contributed by atoms with Gasteiger partial charge in [-0.1, -0.05) is 20.8 Å². The SMILES string of the molecule is CCCNc1nc(C)cc(NC(CC)(CC)CO)n1. The molecule has 0 fully saturated rings. The van der Waals surface area contributed by atoms with Crippen LogP contribution in [0.15, 0.2) is 6.07 Å². The van der Waals surface area contributed by atoms with Gasteiger partial charge < -0.3 is 15.7 Å². The molecule has 5 nitrogen and oxygen atoms in total. The van der Waals surface area contributed by atoms with Crippen LogP contribution in [0.2, 0.25) is 0 Å². The van der Waals surface area contributed by atoms with Gasteiger partial charge in [-0.3, -0.25) is 0 Å². The third kappa shape index (κ3) is 4.35. The van der Waals surface area contributed by atoms with E-state index in [1.54, 1.807) is 0 Å². The maximum Gasteiger partial charge on any atom is 0.224 e. The van der Waals surface area contributed by atoms with Gasteiger partial charge in [-0.15, -0.1) is 0 Å². The van der Waals surface area contributed by atoms with E-state index >= 15 is 0 Å². The Labute approximate surface area is 115 Å². The second-order valence-electron chi connectivity index (χ2n) is 4.92. The number of nitrogens with zero attached hydrogens (tertiary/aromatic N) is 2. The highest BCUT2D eigenvalue weighted by atomic mass is 16.3. The Bertz CT molecular complexity index is 383. The van der Waals surface area contributed by atoms with Crippen LogP contribution in [-0.2, 0) is 0 Å². The molecule has 0 radical (unpaired) electrons. The summed E-state index contributed by atoms with van der Waals surface area (Å²) in [5.74, 6) is 1.41. The molecule has 0 amide bonds. The van der Waals surface area contributed by atoms with Crippen LogP contribution in [0.1, 0.15) is 45.7 Å². The van der Waals surface area contributed by atoms with Gasteiger partial charge in [-0.25, -0.2) is 4.98 Å². The van der Waals surface area contributed by atoms with Crippen molar-refractivity contribution in [2.75, 3.05) is 23.8 Å². The van der Waals surface area contributed by atoms with Crippen LogP contribution < -0.4 is 10.6 Å². The average Bonchev–Trinajstić information content (AvgIpc) is 2.42. The molecule has 0 aliphatic heterocycles. The minimum atomic E-state index is -0.303. The van der Waals surface area contributed by atoms with E-state index in [1.807, 2.05) is 13.0 Å². The van der Waals surface area contributed by atoms with Crippen LogP contribution in [0.25, 0.3) is 0 Å². The van der Waals surface area contributed by atoms with Crippen molar-refractivity contribution < 1.29 is 5.11 Å². The van der Waals surface area contributed by atoms with Gasteiger partial charge in [-0.05, 0) is 26.2 Å². The largest absolute Gasteiger partial charge is 0.394 e. The fourth-order valence-corrected chi connectivity index (χ4v) is 1.91. The zero-order valence-electron chi connectivity index (χ0n) is 12.5. The fourth-order valence-electron chi connectivity index (χ4n) is 1.91. The first kappa shape index (κ1) is 15.7. The molecule has 0 aromatic carbocycles. The van der Waals surface area contributed by atoms with Gasteiger partial charge in [0.25, 0.3) is 0 Å². The monoisotopic (exact) mass is 266 g/mol. The predicted octanol–water partition coefficient (Wildman–Crippen LogP) is 2.57. The lowest BCUT2D eigenvalue weighted by molar-refractivity contribution is 0.202. The summed E-state index contributed by atoms with van der Waals surface area (Å²) in [5, 5.41) is 16.1. The second-order valence-corrected chi connectivity index (χ2v) is 4.92. The summed E-state index contributed by atoms with van der Waals surface area (Å²) in [6.07, 6.45) is 2.73. The fraction of sp³-hybridized carbons (Fsp3) is 0.714. The molecular weight excluding hydrogens is 240 g/mol. The number of aliphatic hydroxyl groups is 1. The van der Waals surface area contributed by atoms with Crippen LogP contribution in [0.5, 0.6) is 0 Å². The van der Waals surface area contributed by atoms with Gasteiger partial charge in [-0.2, -0.15) is 4.98 Å². The van der Waals surface area contributed by atoms with Gasteiger partial charge in [0.15, 0.2) is 0 Å². The van der Waals surface area contributed by atoms with E-state index in [2.05, 4.69) is 41.4 Å². The molecule has 0 spiro atoms. The van der Waals surface area contributed by atoms with Gasteiger partial charge in [0, 0.05) is 18.3 Å². The molecule has 19 heavy (non-hydrogen) atoms. The molecule has 0 saturated carbocycles. The van der Waals surface area contributed by atoms with E-state index in [9.17, 15) is 5.11 Å². The number of aryl methyl sites for hydroxylation is 1. The molecule has 0 aliphatic rings. The standard InChI is InChI=1S/C14H26N4O/c1-5-8-15-13-16-11(4)9-12(17-13)18-14(6-2,7-3)10-19/h9,19H,5-8,10H2,1-4H3,(H2,15,16,17,18). The maximum atomic E-state index is 9.60. The molecular formula is C14H26N4O. The lowest BCUT2D eigenvalue weighted by atomic mass is 9.94. The maximum absolute atomic E-state index is 9.60. The predicted molar refractivity (Wildman–Crippen MR) is 79.6 cm³/mol. The lowest BCUT2D eigenvalue weighted by Crippen LogP contribution is -2.41. The molecule has 108 valence electrons. The molecule has 5 heteroatoms. The van der Waals surface area contributed by atoms with Crippen molar-refractivity contribution in [1.82, 2.24) is 9.97 Å². The van der Waals surface area contributed by atoms with Gasteiger partial charge in [0.2, 0.25) is 5.95 Å². The minimum absolute atomic E-state index is 0.0980. The molecule has 0 saturated heterocycles. The van der Waals surface area contributed by atoms with Crippen LogP contribution in [0.4, 0.5) is 11.8 Å². The van der Waals surface area contributed by atoms with E-state index < -0.39 is 0 Å². The summed E-state index contributed by atoms with van der Waals surface area (Å²) in [7, 11) is 0. The van der Waals surface area contributed by atoms with Crippen molar-refractivity contribution in [2.24, 2.45) is 0 Å². The molecule has 0 unspecified atom stereocenters. The van der Waals surface area contributed by atoms with Crippen molar-refractivity contribution >= 4 is 11.8 Å². The topological polar surface area (TPSA) is 70.1 Å². The number of aromatic nitrogens is 2. The smallest absolute Gasteiger partial charge is 0.224 e. The number of rotatable bonds is 8. The first-order valence-electron chi connectivity index (χ1n) is 7.07. The highest BCUT2D eigenvalue weighted by Crippen LogP contribution is 2.21. The molecule has 1 aromatic rings. The average molecular weight is 266 g/mol. The number of hydrogen-bond donors (Lipinski definition) is 3. The summed E-state index contributed by atoms with van der Waals surface area (Å²) < 4.78 is 0. The summed E-state index contributed by atoms with van der Waals surface area (Å²) in [5.41, 5.74) is 0.609. The Kier molecular flexibility index (Phi) is 6.02. The Hall–Kier alpha value is -1.36. The van der Waals surface area contributed by atoms with Gasteiger partial charge >= 0.3 is 0 Å². The lowest BCUT2D eigenvalue weighted by Gasteiger charge is -2.31. The van der Waals surface area contributed by atoms with Crippen molar-refractivity contribution in [3.63, 3.8) is 0 Å². The summed E-state index contributed by atoms with van der Waals surface area (Å²) >= 11 is 0. The van der Waals surface area contributed by atoms with Gasteiger partial charge in [0.1, 0.15) is 5.82 Å². The van der Waals surface area contributed by atoms with Crippen LogP contribution in [-0.4, -0.2) is 33.8 Å². The van der Waals surface area contributed by atoms with Gasteiger partial charge in [0.05, 0.1) is 12.1 Å². The summed E-state index contributed by atoms with van der Waals surface area (Å²) in [6.45, 7) is 9.14. The summed E-state index contributed by atoms with van der Waals surface area (Å²) in [4.78, 5) is 8.81.